The minimum atomic E-state index is -0.201. The van der Waals surface area contributed by atoms with Crippen LogP contribution in [0.1, 0.15) is 25.3 Å². The van der Waals surface area contributed by atoms with Gasteiger partial charge in [-0.15, -0.1) is 0 Å². The lowest BCUT2D eigenvalue weighted by Crippen LogP contribution is -2.32. The standard InChI is InChI=1S/C15H13BrN2O2/c1-8-4-11-12(5-8)15(20)18(14(11)19)13-3-2-10(16)6-9(13)7-17/h2-3,6,8,11-12H,4-5H2,1H3. The molecule has 1 heterocycles. The first-order valence-electron chi connectivity index (χ1n) is 6.60. The van der Waals surface area contributed by atoms with Crippen molar-refractivity contribution in [3.8, 4) is 6.07 Å². The number of nitrogens with zero attached hydrogens (tertiary/aromatic N) is 2. The maximum Gasteiger partial charge on any atom is 0.237 e. The molecule has 3 rings (SSSR count). The molecule has 2 aliphatic rings. The molecule has 1 aliphatic heterocycles. The molecule has 1 saturated heterocycles. The summed E-state index contributed by atoms with van der Waals surface area (Å²) in [6.45, 7) is 2.07. The van der Waals surface area contributed by atoms with Crippen molar-refractivity contribution in [2.45, 2.75) is 19.8 Å². The first-order chi connectivity index (χ1) is 9.52. The van der Waals surface area contributed by atoms with Gasteiger partial charge in [-0.1, -0.05) is 22.9 Å². The van der Waals surface area contributed by atoms with Crippen molar-refractivity contribution in [2.24, 2.45) is 17.8 Å². The van der Waals surface area contributed by atoms with E-state index in [1.54, 1.807) is 18.2 Å². The number of halogens is 1. The number of nitriles is 1. The highest BCUT2D eigenvalue weighted by Crippen LogP contribution is 2.44. The zero-order valence-corrected chi connectivity index (χ0v) is 12.6. The average molecular weight is 333 g/mol. The van der Waals surface area contributed by atoms with Crippen LogP contribution >= 0.6 is 15.9 Å². The van der Waals surface area contributed by atoms with Gasteiger partial charge in [0.05, 0.1) is 23.1 Å². The van der Waals surface area contributed by atoms with Gasteiger partial charge in [-0.05, 0) is 37.0 Å². The Morgan fingerprint density at radius 1 is 1.25 bits per heavy atom. The fraction of sp³-hybridized carbons (Fsp3) is 0.400. The lowest BCUT2D eigenvalue weighted by molar-refractivity contribution is -0.123. The van der Waals surface area contributed by atoms with Crippen LogP contribution in [-0.2, 0) is 9.59 Å². The fourth-order valence-electron chi connectivity index (χ4n) is 3.31. The van der Waals surface area contributed by atoms with Crippen LogP contribution in [0, 0.1) is 29.1 Å². The van der Waals surface area contributed by atoms with Crippen molar-refractivity contribution in [1.29, 1.82) is 5.26 Å². The van der Waals surface area contributed by atoms with Crippen LogP contribution < -0.4 is 4.90 Å². The van der Waals surface area contributed by atoms with Crippen LogP contribution in [0.2, 0.25) is 0 Å². The van der Waals surface area contributed by atoms with E-state index in [1.165, 1.54) is 4.90 Å². The van der Waals surface area contributed by atoms with Gasteiger partial charge in [0.15, 0.2) is 0 Å². The van der Waals surface area contributed by atoms with Crippen molar-refractivity contribution in [3.63, 3.8) is 0 Å². The third-order valence-corrected chi connectivity index (χ3v) is 4.69. The van der Waals surface area contributed by atoms with Crippen LogP contribution in [0.4, 0.5) is 5.69 Å². The zero-order chi connectivity index (χ0) is 14.4. The molecule has 1 aromatic rings. The number of hydrogen-bond acceptors (Lipinski definition) is 3. The van der Waals surface area contributed by atoms with Gasteiger partial charge in [-0.25, -0.2) is 4.90 Å². The van der Waals surface area contributed by atoms with Crippen LogP contribution in [0.5, 0.6) is 0 Å². The number of fused-ring (bicyclic) bond motifs is 1. The van der Waals surface area contributed by atoms with E-state index in [1.807, 2.05) is 0 Å². The summed E-state index contributed by atoms with van der Waals surface area (Å²) in [7, 11) is 0. The molecule has 2 fully saturated rings. The predicted octanol–water partition coefficient (Wildman–Crippen LogP) is 2.86. The molecule has 2 amide bonds. The molecule has 0 radical (unpaired) electrons. The monoisotopic (exact) mass is 332 g/mol. The number of rotatable bonds is 1. The first-order valence-corrected chi connectivity index (χ1v) is 7.39. The molecule has 2 unspecified atom stereocenters. The van der Waals surface area contributed by atoms with Crippen molar-refractivity contribution in [2.75, 3.05) is 4.90 Å². The Hall–Kier alpha value is -1.67. The summed E-state index contributed by atoms with van der Waals surface area (Å²) in [4.78, 5) is 26.2. The summed E-state index contributed by atoms with van der Waals surface area (Å²) in [5, 5.41) is 9.20. The number of anilines is 1. The summed E-state index contributed by atoms with van der Waals surface area (Å²) >= 11 is 3.29. The molecule has 0 N–H and O–H groups in total. The molecule has 2 atom stereocenters. The fourth-order valence-corrected chi connectivity index (χ4v) is 3.67. The van der Waals surface area contributed by atoms with Crippen LogP contribution in [0.25, 0.3) is 0 Å². The van der Waals surface area contributed by atoms with E-state index in [9.17, 15) is 14.9 Å². The molecule has 0 bridgehead atoms. The van der Waals surface area contributed by atoms with E-state index in [2.05, 4.69) is 28.9 Å². The lowest BCUT2D eigenvalue weighted by Gasteiger charge is -2.18. The molecule has 1 aliphatic carbocycles. The molecule has 102 valence electrons. The Morgan fingerprint density at radius 2 is 1.85 bits per heavy atom. The Bertz CT molecular complexity index is 626. The summed E-state index contributed by atoms with van der Waals surface area (Å²) in [5.41, 5.74) is 0.752. The number of hydrogen-bond donors (Lipinski definition) is 0. The second kappa shape index (κ2) is 4.71. The van der Waals surface area contributed by atoms with Gasteiger partial charge in [-0.2, -0.15) is 5.26 Å². The minimum Gasteiger partial charge on any atom is -0.274 e. The summed E-state index contributed by atoms with van der Waals surface area (Å²) < 4.78 is 0.755. The smallest absolute Gasteiger partial charge is 0.237 e. The van der Waals surface area contributed by atoms with Crippen molar-refractivity contribution >= 4 is 33.4 Å². The summed E-state index contributed by atoms with van der Waals surface area (Å²) in [6, 6.07) is 7.08. The van der Waals surface area contributed by atoms with E-state index in [-0.39, 0.29) is 23.7 Å². The molecule has 1 aromatic carbocycles. The summed E-state index contributed by atoms with van der Waals surface area (Å²) in [5.74, 6) is -0.285. The number of carbonyl (C=O) groups is 2. The first kappa shape index (κ1) is 13.3. The molecule has 5 heteroatoms. The molecule has 0 spiro atoms. The van der Waals surface area contributed by atoms with Gasteiger partial charge in [0.25, 0.3) is 0 Å². The van der Waals surface area contributed by atoms with Gasteiger partial charge in [0, 0.05) is 4.47 Å². The topological polar surface area (TPSA) is 61.2 Å². The Labute approximate surface area is 125 Å². The largest absolute Gasteiger partial charge is 0.274 e. The van der Waals surface area contributed by atoms with Crippen LogP contribution in [-0.4, -0.2) is 11.8 Å². The highest BCUT2D eigenvalue weighted by Gasteiger charge is 2.52. The van der Waals surface area contributed by atoms with Crippen LogP contribution in [0.15, 0.2) is 22.7 Å². The van der Waals surface area contributed by atoms with E-state index >= 15 is 0 Å². The van der Waals surface area contributed by atoms with Gasteiger partial charge < -0.3 is 0 Å². The second-order valence-corrected chi connectivity index (χ2v) is 6.49. The van der Waals surface area contributed by atoms with Crippen LogP contribution in [0.3, 0.4) is 0 Å². The molecular weight excluding hydrogens is 320 g/mol. The summed E-state index contributed by atoms with van der Waals surface area (Å²) in [6.07, 6.45) is 1.54. The number of amides is 2. The third kappa shape index (κ3) is 1.87. The second-order valence-electron chi connectivity index (χ2n) is 5.57. The molecule has 4 nitrogen and oxygen atoms in total. The molecule has 1 saturated carbocycles. The molecular formula is C15H13BrN2O2. The van der Waals surface area contributed by atoms with E-state index in [4.69, 9.17) is 0 Å². The SMILES string of the molecule is CC1CC2C(=O)N(c3ccc(Br)cc3C#N)C(=O)C2C1. The maximum absolute atomic E-state index is 12.5. The third-order valence-electron chi connectivity index (χ3n) is 4.19. The van der Waals surface area contributed by atoms with E-state index in [0.717, 1.165) is 17.3 Å². The minimum absolute atomic E-state index is 0.150. The Balaban J connectivity index is 2.03. The highest BCUT2D eigenvalue weighted by atomic mass is 79.9. The number of benzene rings is 1. The normalized spacial score (nSPS) is 28.6. The highest BCUT2D eigenvalue weighted by molar-refractivity contribution is 9.10. The number of carbonyl (C=O) groups excluding carboxylic acids is 2. The van der Waals surface area contributed by atoms with Crippen molar-refractivity contribution in [1.82, 2.24) is 0 Å². The Morgan fingerprint density at radius 3 is 2.40 bits per heavy atom. The Kier molecular flexibility index (Phi) is 3.14. The average Bonchev–Trinajstić information content (AvgIpc) is 2.90. The van der Waals surface area contributed by atoms with Gasteiger partial charge in [0.2, 0.25) is 11.8 Å². The van der Waals surface area contributed by atoms with Gasteiger partial charge in [0.1, 0.15) is 6.07 Å². The van der Waals surface area contributed by atoms with E-state index in [0.29, 0.717) is 17.2 Å². The van der Waals surface area contributed by atoms with Gasteiger partial charge in [-0.3, -0.25) is 9.59 Å². The van der Waals surface area contributed by atoms with Gasteiger partial charge >= 0.3 is 0 Å². The van der Waals surface area contributed by atoms with Crippen molar-refractivity contribution < 1.29 is 9.59 Å². The van der Waals surface area contributed by atoms with Crippen molar-refractivity contribution in [3.05, 3.63) is 28.2 Å². The maximum atomic E-state index is 12.5. The number of imide groups is 1. The molecule has 20 heavy (non-hydrogen) atoms. The predicted molar refractivity (Wildman–Crippen MR) is 76.7 cm³/mol. The molecule has 0 aromatic heterocycles. The zero-order valence-electron chi connectivity index (χ0n) is 11.0. The van der Waals surface area contributed by atoms with E-state index < -0.39 is 0 Å². The quantitative estimate of drug-likeness (QED) is 0.743. The lowest BCUT2D eigenvalue weighted by atomic mass is 10.00.